The summed E-state index contributed by atoms with van der Waals surface area (Å²) in [6, 6.07) is 27.7. The van der Waals surface area contributed by atoms with E-state index in [1.54, 1.807) is 60.7 Å². The highest BCUT2D eigenvalue weighted by Gasteiger charge is 2.14. The second-order valence-electron chi connectivity index (χ2n) is 9.27. The molecule has 1 amide bonds. The van der Waals surface area contributed by atoms with E-state index in [4.69, 9.17) is 0 Å². The molecule has 5 aromatic rings. The molecular weight excluding hydrogens is 481 g/mol. The predicted octanol–water partition coefficient (Wildman–Crippen LogP) is 4.64. The largest absolute Gasteiger partial charge is 0.348 e. The van der Waals surface area contributed by atoms with Gasteiger partial charge in [0.2, 0.25) is 0 Å². The van der Waals surface area contributed by atoms with E-state index in [0.717, 1.165) is 16.7 Å². The lowest BCUT2D eigenvalue weighted by Gasteiger charge is -2.14. The molecule has 0 saturated heterocycles. The minimum Gasteiger partial charge on any atom is -0.348 e. The highest BCUT2D eigenvalue weighted by molar-refractivity contribution is 5.94. The van der Waals surface area contributed by atoms with Crippen LogP contribution in [0.15, 0.2) is 107 Å². The van der Waals surface area contributed by atoms with Crippen LogP contribution < -0.4 is 16.6 Å². The number of benzene rings is 4. The molecule has 190 valence electrons. The second kappa shape index (κ2) is 10.7. The molecule has 6 nitrogen and oxygen atoms in total. The van der Waals surface area contributed by atoms with Gasteiger partial charge in [0.25, 0.3) is 11.5 Å². The number of hydrogen-bond acceptors (Lipinski definition) is 3. The number of carbonyl (C=O) groups excluding carboxylic acids is 1. The van der Waals surface area contributed by atoms with Crippen LogP contribution in [0.1, 0.15) is 32.6 Å². The van der Waals surface area contributed by atoms with Crippen LogP contribution >= 0.6 is 0 Å². The van der Waals surface area contributed by atoms with Gasteiger partial charge in [-0.25, -0.2) is 9.18 Å². The molecule has 0 aliphatic carbocycles. The third-order valence-electron chi connectivity index (χ3n) is 6.52. The quantitative estimate of drug-likeness (QED) is 0.349. The summed E-state index contributed by atoms with van der Waals surface area (Å²) in [5.41, 5.74) is 3.77. The molecular formula is C31H26FN3O3. The molecule has 5 rings (SSSR count). The smallest absolute Gasteiger partial charge is 0.332 e. The van der Waals surface area contributed by atoms with Crippen LogP contribution in [0.25, 0.3) is 10.9 Å². The van der Waals surface area contributed by atoms with E-state index < -0.39 is 5.69 Å². The molecule has 0 bridgehead atoms. The van der Waals surface area contributed by atoms with Crippen molar-refractivity contribution >= 4 is 16.8 Å². The van der Waals surface area contributed by atoms with E-state index >= 15 is 0 Å². The lowest BCUT2D eigenvalue weighted by molar-refractivity contribution is 0.0951. The zero-order valence-corrected chi connectivity index (χ0v) is 20.9. The number of rotatable bonds is 7. The van der Waals surface area contributed by atoms with Crippen molar-refractivity contribution in [2.24, 2.45) is 0 Å². The lowest BCUT2D eigenvalue weighted by atomic mass is 10.1. The number of halogens is 1. The predicted molar refractivity (Wildman–Crippen MR) is 146 cm³/mol. The van der Waals surface area contributed by atoms with Crippen molar-refractivity contribution in [2.45, 2.75) is 26.6 Å². The van der Waals surface area contributed by atoms with E-state index in [0.29, 0.717) is 28.6 Å². The summed E-state index contributed by atoms with van der Waals surface area (Å²) in [6.45, 7) is 2.68. The number of carbonyl (C=O) groups is 1. The summed E-state index contributed by atoms with van der Waals surface area (Å²) in [5.74, 6) is -0.565. The third-order valence-corrected chi connectivity index (χ3v) is 6.52. The fourth-order valence-corrected chi connectivity index (χ4v) is 4.37. The van der Waals surface area contributed by atoms with Gasteiger partial charge in [-0.05, 0) is 60.0 Å². The first-order valence-electron chi connectivity index (χ1n) is 12.3. The Hall–Kier alpha value is -4.78. The summed E-state index contributed by atoms with van der Waals surface area (Å²) in [4.78, 5) is 39.3. The molecule has 1 aromatic heterocycles. The number of aromatic nitrogens is 2. The minimum atomic E-state index is -0.460. The van der Waals surface area contributed by atoms with Gasteiger partial charge in [-0.15, -0.1) is 0 Å². The van der Waals surface area contributed by atoms with Crippen LogP contribution in [0.4, 0.5) is 4.39 Å². The molecule has 1 heterocycles. The molecule has 0 saturated carbocycles. The average Bonchev–Trinajstić information content (AvgIpc) is 2.94. The molecule has 0 spiro atoms. The zero-order valence-electron chi connectivity index (χ0n) is 20.9. The van der Waals surface area contributed by atoms with E-state index in [2.05, 4.69) is 5.32 Å². The van der Waals surface area contributed by atoms with Crippen LogP contribution in [0.2, 0.25) is 0 Å². The van der Waals surface area contributed by atoms with Crippen molar-refractivity contribution in [3.05, 3.63) is 152 Å². The molecule has 7 heteroatoms. The van der Waals surface area contributed by atoms with Crippen molar-refractivity contribution in [1.82, 2.24) is 14.5 Å². The highest BCUT2D eigenvalue weighted by Crippen LogP contribution is 2.12. The Labute approximate surface area is 218 Å². The second-order valence-corrected chi connectivity index (χ2v) is 9.27. The molecule has 0 aliphatic rings. The van der Waals surface area contributed by atoms with Crippen LogP contribution in [0.5, 0.6) is 0 Å². The summed E-state index contributed by atoms with van der Waals surface area (Å²) in [7, 11) is 0. The summed E-state index contributed by atoms with van der Waals surface area (Å²) in [5, 5.41) is 3.32. The summed E-state index contributed by atoms with van der Waals surface area (Å²) < 4.78 is 16.1. The Bertz CT molecular complexity index is 1720. The molecule has 0 radical (unpaired) electrons. The van der Waals surface area contributed by atoms with Crippen molar-refractivity contribution in [3.8, 4) is 0 Å². The topological polar surface area (TPSA) is 73.1 Å². The highest BCUT2D eigenvalue weighted by atomic mass is 19.1. The third kappa shape index (κ3) is 5.32. The molecule has 38 heavy (non-hydrogen) atoms. The maximum absolute atomic E-state index is 13.5. The first kappa shape index (κ1) is 24.9. The molecule has 0 atom stereocenters. The number of para-hydroxylation sites is 1. The Balaban J connectivity index is 1.39. The van der Waals surface area contributed by atoms with Gasteiger partial charge in [0.05, 0.1) is 24.0 Å². The number of nitrogens with one attached hydrogen (secondary N) is 1. The standard InChI is InChI=1S/C31H26FN3O3/c1-21-6-8-22(9-7-21)18-33-29(36)25-14-10-23(11-15-25)20-35-30(37)27-4-2-3-5-28(27)34(31(35)38)19-24-12-16-26(32)17-13-24/h2-17H,18-20H2,1H3,(H,33,36). The summed E-state index contributed by atoms with van der Waals surface area (Å²) >= 11 is 0. The zero-order chi connectivity index (χ0) is 26.6. The van der Waals surface area contributed by atoms with Crippen LogP contribution in [-0.4, -0.2) is 15.0 Å². The normalized spacial score (nSPS) is 11.0. The van der Waals surface area contributed by atoms with Gasteiger partial charge < -0.3 is 5.32 Å². The van der Waals surface area contributed by atoms with Crippen molar-refractivity contribution in [1.29, 1.82) is 0 Å². The van der Waals surface area contributed by atoms with Crippen LogP contribution in [0.3, 0.4) is 0 Å². The van der Waals surface area contributed by atoms with Crippen molar-refractivity contribution < 1.29 is 9.18 Å². The van der Waals surface area contributed by atoms with Gasteiger partial charge in [0.1, 0.15) is 5.82 Å². The van der Waals surface area contributed by atoms with Gasteiger partial charge in [0.15, 0.2) is 0 Å². The van der Waals surface area contributed by atoms with Crippen LogP contribution in [-0.2, 0) is 19.6 Å². The molecule has 0 aliphatic heterocycles. The number of aryl methyl sites for hydroxylation is 1. The van der Waals surface area contributed by atoms with Gasteiger partial charge >= 0.3 is 5.69 Å². The van der Waals surface area contributed by atoms with E-state index in [9.17, 15) is 18.8 Å². The van der Waals surface area contributed by atoms with Crippen molar-refractivity contribution in [2.75, 3.05) is 0 Å². The SMILES string of the molecule is Cc1ccc(CNC(=O)c2ccc(Cn3c(=O)c4ccccc4n(Cc4ccc(F)cc4)c3=O)cc2)cc1. The maximum Gasteiger partial charge on any atom is 0.332 e. The Morgan fingerprint density at radius 3 is 2.00 bits per heavy atom. The molecule has 4 aromatic carbocycles. The van der Waals surface area contributed by atoms with Crippen molar-refractivity contribution in [3.63, 3.8) is 0 Å². The average molecular weight is 508 g/mol. The van der Waals surface area contributed by atoms with Gasteiger partial charge in [-0.1, -0.05) is 66.2 Å². The number of fused-ring (bicyclic) bond motifs is 1. The maximum atomic E-state index is 13.5. The van der Waals surface area contributed by atoms with Gasteiger partial charge in [-0.3, -0.25) is 18.7 Å². The lowest BCUT2D eigenvalue weighted by Crippen LogP contribution is -2.40. The van der Waals surface area contributed by atoms with E-state index in [1.807, 2.05) is 31.2 Å². The Morgan fingerprint density at radius 2 is 1.32 bits per heavy atom. The first-order chi connectivity index (χ1) is 18.4. The fourth-order valence-electron chi connectivity index (χ4n) is 4.37. The van der Waals surface area contributed by atoms with Gasteiger partial charge in [-0.2, -0.15) is 0 Å². The fraction of sp³-hybridized carbons (Fsp3) is 0.129. The molecule has 0 unspecified atom stereocenters. The van der Waals surface area contributed by atoms with E-state index in [1.165, 1.54) is 21.3 Å². The minimum absolute atomic E-state index is 0.0528. The van der Waals surface area contributed by atoms with Crippen LogP contribution in [0, 0.1) is 12.7 Å². The van der Waals surface area contributed by atoms with E-state index in [-0.39, 0.29) is 30.4 Å². The molecule has 1 N–H and O–H groups in total. The number of nitrogens with zero attached hydrogens (tertiary/aromatic N) is 2. The molecule has 0 fully saturated rings. The summed E-state index contributed by atoms with van der Waals surface area (Å²) in [6.07, 6.45) is 0. The van der Waals surface area contributed by atoms with Gasteiger partial charge in [0, 0.05) is 12.1 Å². The Kier molecular flexibility index (Phi) is 7.00. The number of amides is 1. The Morgan fingerprint density at radius 1 is 0.737 bits per heavy atom. The first-order valence-corrected chi connectivity index (χ1v) is 12.3. The number of hydrogen-bond donors (Lipinski definition) is 1. The monoisotopic (exact) mass is 507 g/mol.